The van der Waals surface area contributed by atoms with Gasteiger partial charge in [0, 0.05) is 33.8 Å². The first-order chi connectivity index (χ1) is 16.9. The summed E-state index contributed by atoms with van der Waals surface area (Å²) >= 11 is 3.54. The number of halogens is 1. The molecule has 36 heavy (non-hydrogen) atoms. The van der Waals surface area contributed by atoms with Crippen molar-refractivity contribution in [3.63, 3.8) is 0 Å². The Labute approximate surface area is 220 Å². The highest BCUT2D eigenvalue weighted by Gasteiger charge is 2.66. The van der Waals surface area contributed by atoms with E-state index < -0.39 is 32.0 Å². The number of anilines is 2. The van der Waals surface area contributed by atoms with Crippen molar-refractivity contribution in [2.45, 2.75) is 63.3 Å². The van der Waals surface area contributed by atoms with E-state index in [1.165, 1.54) is 6.92 Å². The highest BCUT2D eigenvalue weighted by atomic mass is 79.9. The number of carbonyl (C=O) groups excluding carboxylic acids is 2. The van der Waals surface area contributed by atoms with Crippen molar-refractivity contribution in [3.8, 4) is 0 Å². The quantitative estimate of drug-likeness (QED) is 0.374. The molecule has 10 heteroatoms. The second kappa shape index (κ2) is 10.00. The number of hydrogen-bond acceptors (Lipinski definition) is 6. The highest BCUT2D eigenvalue weighted by molar-refractivity contribution is 9.10. The predicted octanol–water partition coefficient (Wildman–Crippen LogP) is 3.50. The van der Waals surface area contributed by atoms with Crippen LogP contribution in [-0.4, -0.2) is 54.0 Å². The Morgan fingerprint density at radius 2 is 1.92 bits per heavy atom. The number of aliphatic hydroxyl groups excluding tert-OH is 2. The van der Waals surface area contributed by atoms with E-state index in [2.05, 4.69) is 21.2 Å². The minimum atomic E-state index is -2.74. The Kier molecular flexibility index (Phi) is 7.49. The normalized spacial score (nSPS) is 26.4. The summed E-state index contributed by atoms with van der Waals surface area (Å²) in [6.45, 7) is 7.30. The molecule has 2 heterocycles. The van der Waals surface area contributed by atoms with Crippen LogP contribution in [0.4, 0.5) is 11.4 Å². The van der Waals surface area contributed by atoms with Gasteiger partial charge in [-0.1, -0.05) is 35.0 Å². The zero-order valence-electron chi connectivity index (χ0n) is 20.9. The minimum Gasteiger partial charge on any atom is -0.432 e. The second-order valence-electron chi connectivity index (χ2n) is 10.3. The number of nitrogens with one attached hydrogen (secondary N) is 1. The van der Waals surface area contributed by atoms with Crippen molar-refractivity contribution < 1.29 is 29.3 Å². The molecule has 2 aliphatic rings. The van der Waals surface area contributed by atoms with Crippen molar-refractivity contribution >= 4 is 47.4 Å². The van der Waals surface area contributed by atoms with Crippen molar-refractivity contribution in [2.75, 3.05) is 16.8 Å². The van der Waals surface area contributed by atoms with Gasteiger partial charge in [-0.25, -0.2) is 0 Å². The summed E-state index contributed by atoms with van der Waals surface area (Å²) in [4.78, 5) is 38.8. The topological polar surface area (TPSA) is 119 Å². The molecule has 0 saturated carbocycles. The van der Waals surface area contributed by atoms with Gasteiger partial charge in [-0.3, -0.25) is 9.59 Å². The first-order valence-electron chi connectivity index (χ1n) is 12.1. The maximum atomic E-state index is 14.2. The van der Waals surface area contributed by atoms with Crippen LogP contribution in [0.15, 0.2) is 46.9 Å². The van der Waals surface area contributed by atoms with E-state index in [0.717, 1.165) is 21.3 Å². The SMILES string of the molecule is C[C@H](O)C(=O)Nc1ccc(CN2C(=O)[C@]3(O[C@H](CCO)[C@@H]([Si](C)(C)O)[C@@H]3C)c3cc(Br)ccc32)cc1. The van der Waals surface area contributed by atoms with Crippen LogP contribution in [0.2, 0.25) is 18.6 Å². The summed E-state index contributed by atoms with van der Waals surface area (Å²) in [6.07, 6.45) is -1.19. The summed E-state index contributed by atoms with van der Waals surface area (Å²) in [6, 6.07) is 12.8. The highest BCUT2D eigenvalue weighted by Crippen LogP contribution is 2.60. The maximum Gasteiger partial charge on any atom is 0.264 e. The molecule has 0 bridgehead atoms. The van der Waals surface area contributed by atoms with E-state index in [-0.39, 0.29) is 24.0 Å². The third-order valence-electron chi connectivity index (χ3n) is 7.30. The third-order valence-corrected chi connectivity index (χ3v) is 10.3. The Morgan fingerprint density at radius 3 is 2.50 bits per heavy atom. The molecule has 0 unspecified atom stereocenters. The molecule has 2 aromatic rings. The molecule has 1 saturated heterocycles. The number of rotatable bonds is 7. The Morgan fingerprint density at radius 1 is 1.25 bits per heavy atom. The molecule has 194 valence electrons. The van der Waals surface area contributed by atoms with Gasteiger partial charge in [0.1, 0.15) is 6.10 Å². The first kappa shape index (κ1) is 27.0. The fourth-order valence-electron chi connectivity index (χ4n) is 5.73. The summed E-state index contributed by atoms with van der Waals surface area (Å²) in [5.74, 6) is -0.962. The first-order valence-corrected chi connectivity index (χ1v) is 15.9. The van der Waals surface area contributed by atoms with Crippen LogP contribution < -0.4 is 10.2 Å². The second-order valence-corrected chi connectivity index (χ2v) is 15.2. The van der Waals surface area contributed by atoms with Gasteiger partial charge in [0.15, 0.2) is 13.9 Å². The number of nitrogens with zero attached hydrogens (tertiary/aromatic N) is 1. The van der Waals surface area contributed by atoms with E-state index in [1.807, 2.05) is 50.3 Å². The van der Waals surface area contributed by atoms with Gasteiger partial charge < -0.3 is 30.0 Å². The molecule has 2 amide bonds. The van der Waals surface area contributed by atoms with Crippen molar-refractivity contribution in [1.82, 2.24) is 0 Å². The lowest BCUT2D eigenvalue weighted by Gasteiger charge is -2.32. The average molecular weight is 578 g/mol. The Bertz CT molecular complexity index is 1150. The largest absolute Gasteiger partial charge is 0.432 e. The third kappa shape index (κ3) is 4.66. The summed E-state index contributed by atoms with van der Waals surface area (Å²) in [5.41, 5.74) is 1.45. The van der Waals surface area contributed by atoms with Crippen LogP contribution in [0.3, 0.4) is 0 Å². The van der Waals surface area contributed by atoms with Crippen LogP contribution >= 0.6 is 15.9 Å². The van der Waals surface area contributed by atoms with E-state index in [9.17, 15) is 24.6 Å². The van der Waals surface area contributed by atoms with Crippen molar-refractivity contribution in [2.24, 2.45) is 5.92 Å². The molecule has 5 atom stereocenters. The molecule has 8 nitrogen and oxygen atoms in total. The summed E-state index contributed by atoms with van der Waals surface area (Å²) in [7, 11) is -2.74. The van der Waals surface area contributed by atoms with Gasteiger partial charge >= 0.3 is 0 Å². The number of carbonyl (C=O) groups is 2. The van der Waals surface area contributed by atoms with Gasteiger partial charge in [0.05, 0.1) is 18.3 Å². The van der Waals surface area contributed by atoms with E-state index in [4.69, 9.17) is 4.74 Å². The van der Waals surface area contributed by atoms with Crippen LogP contribution in [0.1, 0.15) is 31.4 Å². The molecule has 2 aliphatic heterocycles. The van der Waals surface area contributed by atoms with Crippen molar-refractivity contribution in [1.29, 1.82) is 0 Å². The van der Waals surface area contributed by atoms with Crippen LogP contribution in [0.5, 0.6) is 0 Å². The van der Waals surface area contributed by atoms with Crippen molar-refractivity contribution in [3.05, 3.63) is 58.1 Å². The van der Waals surface area contributed by atoms with Gasteiger partial charge in [0.25, 0.3) is 11.8 Å². The summed E-state index contributed by atoms with van der Waals surface area (Å²) in [5, 5.41) is 21.8. The number of aliphatic hydroxyl groups is 2. The lowest BCUT2D eigenvalue weighted by Crippen LogP contribution is -2.46. The molecule has 1 fully saturated rings. The number of ether oxygens (including phenoxy) is 1. The lowest BCUT2D eigenvalue weighted by molar-refractivity contribution is -0.146. The monoisotopic (exact) mass is 576 g/mol. The van der Waals surface area contributed by atoms with Gasteiger partial charge in [-0.15, -0.1) is 0 Å². The fraction of sp³-hybridized carbons (Fsp3) is 0.462. The van der Waals surface area contributed by atoms with E-state index in [1.54, 1.807) is 17.0 Å². The molecule has 2 aromatic carbocycles. The zero-order valence-corrected chi connectivity index (χ0v) is 23.4. The number of fused-ring (bicyclic) bond motifs is 2. The Balaban J connectivity index is 1.69. The van der Waals surface area contributed by atoms with E-state index >= 15 is 0 Å². The zero-order chi connectivity index (χ0) is 26.4. The van der Waals surface area contributed by atoms with Gasteiger partial charge in [-0.05, 0) is 62.3 Å². The minimum absolute atomic E-state index is 0.0877. The number of benzene rings is 2. The molecule has 1 spiro atoms. The lowest BCUT2D eigenvalue weighted by atomic mass is 9.82. The summed E-state index contributed by atoms with van der Waals surface area (Å²) < 4.78 is 7.41. The standard InChI is InChI=1S/C26H33BrN2O6Si/c1-15-23(36(3,4)34)22(11-12-30)35-26(15)20-13-18(27)7-10-21(20)29(25(26)33)14-17-5-8-19(9-6-17)28-24(32)16(2)31/h5-10,13,15-16,22-23,30-31,34H,11-12,14H2,1-4H3,(H,28,32)/t15-,16-,22+,23-,26+/m0/s1. The number of amides is 2. The molecular weight excluding hydrogens is 544 g/mol. The number of hydrogen-bond donors (Lipinski definition) is 4. The molecule has 0 radical (unpaired) electrons. The van der Waals surface area contributed by atoms with Crippen LogP contribution in [-0.2, 0) is 26.5 Å². The average Bonchev–Trinajstić information content (AvgIpc) is 3.22. The predicted molar refractivity (Wildman–Crippen MR) is 143 cm³/mol. The Hall–Kier alpha value is -2.08. The van der Waals surface area contributed by atoms with Crippen LogP contribution in [0, 0.1) is 5.92 Å². The van der Waals surface area contributed by atoms with Crippen LogP contribution in [0.25, 0.3) is 0 Å². The molecule has 4 N–H and O–H groups in total. The molecular formula is C26H33BrN2O6Si. The fourth-order valence-corrected chi connectivity index (χ4v) is 8.69. The molecule has 0 aliphatic carbocycles. The smallest absolute Gasteiger partial charge is 0.264 e. The van der Waals surface area contributed by atoms with Gasteiger partial charge in [0.2, 0.25) is 0 Å². The van der Waals surface area contributed by atoms with Gasteiger partial charge in [-0.2, -0.15) is 0 Å². The molecule has 0 aromatic heterocycles. The maximum absolute atomic E-state index is 14.2. The molecule has 4 rings (SSSR count). The van der Waals surface area contributed by atoms with E-state index in [0.29, 0.717) is 18.7 Å².